The molecule has 0 aliphatic carbocycles. The van der Waals surface area contributed by atoms with Gasteiger partial charge in [0.2, 0.25) is 5.91 Å². The lowest BCUT2D eigenvalue weighted by Crippen LogP contribution is -2.31. The maximum Gasteiger partial charge on any atom is 0.414 e. The Morgan fingerprint density at radius 1 is 1.00 bits per heavy atom. The molecule has 1 unspecified atom stereocenters. The Morgan fingerprint density at radius 2 is 1.76 bits per heavy atom. The molecule has 7 nitrogen and oxygen atoms in total. The Morgan fingerprint density at radius 3 is 2.48 bits per heavy atom. The van der Waals surface area contributed by atoms with Gasteiger partial charge in [-0.15, -0.1) is 0 Å². The second-order valence-corrected chi connectivity index (χ2v) is 7.89. The van der Waals surface area contributed by atoms with Crippen molar-refractivity contribution in [2.45, 2.75) is 12.5 Å². The van der Waals surface area contributed by atoms with Crippen molar-refractivity contribution in [3.05, 3.63) is 95.0 Å². The summed E-state index contributed by atoms with van der Waals surface area (Å²) < 4.78 is 4.97. The monoisotopic (exact) mass is 463 g/mol. The quantitative estimate of drug-likeness (QED) is 0.527. The molecule has 2 N–H and O–H groups in total. The van der Waals surface area contributed by atoms with E-state index < -0.39 is 12.1 Å². The van der Waals surface area contributed by atoms with E-state index in [1.165, 1.54) is 4.90 Å². The molecular formula is C25H22ClN3O4. The molecule has 1 aliphatic rings. The number of amides is 3. The van der Waals surface area contributed by atoms with E-state index in [1.807, 2.05) is 30.3 Å². The van der Waals surface area contributed by atoms with Gasteiger partial charge in [0.15, 0.2) is 0 Å². The highest BCUT2D eigenvalue weighted by molar-refractivity contribution is 6.33. The maximum atomic E-state index is 12.9. The topological polar surface area (TPSA) is 87.7 Å². The van der Waals surface area contributed by atoms with Gasteiger partial charge in [-0.1, -0.05) is 60.1 Å². The molecule has 1 fully saturated rings. The average molecular weight is 464 g/mol. The van der Waals surface area contributed by atoms with Crippen LogP contribution in [0.2, 0.25) is 5.02 Å². The van der Waals surface area contributed by atoms with Crippen LogP contribution in [0.3, 0.4) is 0 Å². The molecule has 3 aromatic carbocycles. The van der Waals surface area contributed by atoms with Crippen LogP contribution in [0, 0.1) is 0 Å². The van der Waals surface area contributed by atoms with Crippen molar-refractivity contribution in [3.8, 4) is 0 Å². The van der Waals surface area contributed by atoms with E-state index in [1.54, 1.807) is 48.5 Å². The van der Waals surface area contributed by atoms with Crippen molar-refractivity contribution >= 4 is 40.9 Å². The predicted octanol–water partition coefficient (Wildman–Crippen LogP) is 4.80. The number of hydrogen-bond donors (Lipinski definition) is 2. The molecule has 33 heavy (non-hydrogen) atoms. The van der Waals surface area contributed by atoms with E-state index in [2.05, 4.69) is 10.6 Å². The Kier molecular flexibility index (Phi) is 6.90. The summed E-state index contributed by atoms with van der Waals surface area (Å²) in [6.45, 7) is 0.791. The SMILES string of the molecule is O=C(CC(NC(=O)c1ccccc1Cl)c1ccccc1)Nc1cccc(N2CCOC2=O)c1. The minimum absolute atomic E-state index is 0.0101. The van der Waals surface area contributed by atoms with Crippen LogP contribution in [0.25, 0.3) is 0 Å². The van der Waals surface area contributed by atoms with Crippen molar-refractivity contribution in [2.24, 2.45) is 0 Å². The summed E-state index contributed by atoms with van der Waals surface area (Å²) in [6, 6.07) is 22.4. The van der Waals surface area contributed by atoms with Crippen LogP contribution in [0.5, 0.6) is 0 Å². The summed E-state index contributed by atoms with van der Waals surface area (Å²) in [4.78, 5) is 39.0. The number of rotatable bonds is 7. The summed E-state index contributed by atoms with van der Waals surface area (Å²) >= 11 is 6.16. The van der Waals surface area contributed by atoms with Gasteiger partial charge in [0.05, 0.1) is 29.6 Å². The zero-order valence-electron chi connectivity index (χ0n) is 17.7. The van der Waals surface area contributed by atoms with Crippen LogP contribution < -0.4 is 15.5 Å². The molecule has 0 radical (unpaired) electrons. The first kappa shape index (κ1) is 22.4. The zero-order valence-corrected chi connectivity index (χ0v) is 18.4. The van der Waals surface area contributed by atoms with Crippen LogP contribution >= 0.6 is 11.6 Å². The zero-order chi connectivity index (χ0) is 23.2. The van der Waals surface area contributed by atoms with Gasteiger partial charge in [-0.05, 0) is 35.9 Å². The summed E-state index contributed by atoms with van der Waals surface area (Å²) in [5, 5.41) is 6.10. The molecule has 3 amide bonds. The first-order chi connectivity index (χ1) is 16.0. The maximum absolute atomic E-state index is 12.9. The number of ether oxygens (including phenoxy) is 1. The third-order valence-corrected chi connectivity index (χ3v) is 5.55. The highest BCUT2D eigenvalue weighted by atomic mass is 35.5. The molecule has 168 valence electrons. The van der Waals surface area contributed by atoms with Gasteiger partial charge in [0.25, 0.3) is 5.91 Å². The fraction of sp³-hybridized carbons (Fsp3) is 0.160. The summed E-state index contributed by atoms with van der Waals surface area (Å²) in [6.07, 6.45) is -0.402. The van der Waals surface area contributed by atoms with Gasteiger partial charge in [0, 0.05) is 11.4 Å². The third kappa shape index (κ3) is 5.51. The molecule has 1 aliphatic heterocycles. The summed E-state index contributed by atoms with van der Waals surface area (Å²) in [5.41, 5.74) is 2.32. The Balaban J connectivity index is 1.48. The second-order valence-electron chi connectivity index (χ2n) is 7.49. The van der Waals surface area contributed by atoms with Gasteiger partial charge < -0.3 is 15.4 Å². The van der Waals surface area contributed by atoms with Gasteiger partial charge in [-0.3, -0.25) is 14.5 Å². The number of cyclic esters (lactones) is 1. The predicted molar refractivity (Wildman–Crippen MR) is 126 cm³/mol. The van der Waals surface area contributed by atoms with Crippen molar-refractivity contribution in [2.75, 3.05) is 23.4 Å². The van der Waals surface area contributed by atoms with Crippen molar-refractivity contribution in [3.63, 3.8) is 0 Å². The minimum Gasteiger partial charge on any atom is -0.447 e. The van der Waals surface area contributed by atoms with Gasteiger partial charge >= 0.3 is 6.09 Å². The number of halogens is 1. The van der Waals surface area contributed by atoms with Crippen LogP contribution in [0.15, 0.2) is 78.9 Å². The Labute approximate surface area is 196 Å². The van der Waals surface area contributed by atoms with E-state index in [-0.39, 0.29) is 18.2 Å². The number of hydrogen-bond acceptors (Lipinski definition) is 4. The molecule has 8 heteroatoms. The largest absolute Gasteiger partial charge is 0.447 e. The fourth-order valence-corrected chi connectivity index (χ4v) is 3.82. The molecule has 0 bridgehead atoms. The number of carbonyl (C=O) groups excluding carboxylic acids is 3. The molecule has 0 spiro atoms. The molecule has 0 aromatic heterocycles. The smallest absolute Gasteiger partial charge is 0.414 e. The molecule has 3 aromatic rings. The third-order valence-electron chi connectivity index (χ3n) is 5.22. The van der Waals surface area contributed by atoms with E-state index in [4.69, 9.17) is 16.3 Å². The first-order valence-electron chi connectivity index (χ1n) is 10.5. The highest BCUT2D eigenvalue weighted by Gasteiger charge is 2.24. The van der Waals surface area contributed by atoms with Crippen molar-refractivity contribution < 1.29 is 19.1 Å². The number of carbonyl (C=O) groups is 3. The molecule has 1 atom stereocenters. The van der Waals surface area contributed by atoms with Crippen LogP contribution in [0.1, 0.15) is 28.4 Å². The Bertz CT molecular complexity index is 1170. The fourth-order valence-electron chi connectivity index (χ4n) is 3.60. The molecule has 4 rings (SSSR count). The second kappa shape index (κ2) is 10.2. The lowest BCUT2D eigenvalue weighted by Gasteiger charge is -2.20. The van der Waals surface area contributed by atoms with Crippen LogP contribution in [-0.4, -0.2) is 31.1 Å². The number of anilines is 2. The molecule has 1 saturated heterocycles. The van der Waals surface area contributed by atoms with Gasteiger partial charge in [-0.25, -0.2) is 4.79 Å². The highest BCUT2D eigenvalue weighted by Crippen LogP contribution is 2.24. The van der Waals surface area contributed by atoms with E-state index in [0.717, 1.165) is 5.56 Å². The van der Waals surface area contributed by atoms with Gasteiger partial charge in [0.1, 0.15) is 6.61 Å². The van der Waals surface area contributed by atoms with E-state index in [9.17, 15) is 14.4 Å². The molecule has 0 saturated carbocycles. The van der Waals surface area contributed by atoms with Crippen LogP contribution in [0.4, 0.5) is 16.2 Å². The number of nitrogens with one attached hydrogen (secondary N) is 2. The number of benzene rings is 3. The first-order valence-corrected chi connectivity index (χ1v) is 10.8. The standard InChI is InChI=1S/C25H22ClN3O4/c26-21-12-5-4-11-20(21)24(31)28-22(17-7-2-1-3-8-17)16-23(30)27-18-9-6-10-19(15-18)29-13-14-33-25(29)32/h1-12,15,22H,13-14,16H2,(H,27,30)(H,28,31). The summed E-state index contributed by atoms with van der Waals surface area (Å²) in [7, 11) is 0. The molecular weight excluding hydrogens is 442 g/mol. The minimum atomic E-state index is -0.563. The summed E-state index contributed by atoms with van der Waals surface area (Å²) in [5.74, 6) is -0.652. The van der Waals surface area contributed by atoms with E-state index >= 15 is 0 Å². The lowest BCUT2D eigenvalue weighted by molar-refractivity contribution is -0.116. The normalized spacial score (nSPS) is 13.8. The average Bonchev–Trinajstić information content (AvgIpc) is 3.25. The van der Waals surface area contributed by atoms with Crippen molar-refractivity contribution in [1.29, 1.82) is 0 Å². The van der Waals surface area contributed by atoms with Gasteiger partial charge in [-0.2, -0.15) is 0 Å². The van der Waals surface area contributed by atoms with E-state index in [0.29, 0.717) is 35.1 Å². The molecule has 1 heterocycles. The Hall–Kier alpha value is -3.84. The number of nitrogens with zero attached hydrogens (tertiary/aromatic N) is 1. The van der Waals surface area contributed by atoms with Crippen LogP contribution in [-0.2, 0) is 9.53 Å². The lowest BCUT2D eigenvalue weighted by atomic mass is 10.0. The van der Waals surface area contributed by atoms with Crippen molar-refractivity contribution in [1.82, 2.24) is 5.32 Å².